The van der Waals surface area contributed by atoms with Gasteiger partial charge >= 0.3 is 24.7 Å². The van der Waals surface area contributed by atoms with Crippen LogP contribution in [0.5, 0.6) is 0 Å². The standard InChI is InChI=1S/C36H22F12N4S2/c37-33(38,39)23-9-1-19(2-10-23)27-28(20-3-11-24(12-4-20)34(40,41)42)50-31(49-27)53-17-18-54-32-51-29(21-5-13-25(14-6-21)35(43,44)45)30(52-32)22-7-15-26(16-8-22)36(46,47)48/h1-16H,17-18H2,(H,49,50)(H,51,52). The van der Waals surface area contributed by atoms with Gasteiger partial charge in [-0.1, -0.05) is 72.1 Å². The van der Waals surface area contributed by atoms with Crippen LogP contribution >= 0.6 is 23.5 Å². The number of alkyl halides is 12. The Kier molecular flexibility index (Phi) is 10.6. The Morgan fingerprint density at radius 3 is 0.852 bits per heavy atom. The summed E-state index contributed by atoms with van der Waals surface area (Å²) in [4.78, 5) is 15.1. The molecule has 0 saturated heterocycles. The maximum atomic E-state index is 13.2. The van der Waals surface area contributed by atoms with Crippen molar-refractivity contribution in [3.63, 3.8) is 0 Å². The van der Waals surface area contributed by atoms with E-state index in [1.807, 2.05) is 0 Å². The van der Waals surface area contributed by atoms with Crippen LogP contribution in [0.25, 0.3) is 45.0 Å². The lowest BCUT2D eigenvalue weighted by molar-refractivity contribution is -0.138. The summed E-state index contributed by atoms with van der Waals surface area (Å²) in [6, 6.07) is 16.6. The molecule has 0 spiro atoms. The Bertz CT molecular complexity index is 1890. The molecular formula is C36H22F12N4S2. The molecule has 0 aliphatic rings. The van der Waals surface area contributed by atoms with Gasteiger partial charge in [0.1, 0.15) is 0 Å². The third kappa shape index (κ3) is 8.92. The zero-order valence-electron chi connectivity index (χ0n) is 26.9. The van der Waals surface area contributed by atoms with Crippen molar-refractivity contribution in [1.82, 2.24) is 19.9 Å². The quantitative estimate of drug-likeness (QED) is 0.0868. The molecule has 0 radical (unpaired) electrons. The second-order valence-electron chi connectivity index (χ2n) is 11.5. The smallest absolute Gasteiger partial charge is 0.332 e. The Balaban J connectivity index is 1.24. The molecule has 6 aromatic rings. The van der Waals surface area contributed by atoms with Crippen LogP contribution in [0.2, 0.25) is 0 Å². The molecule has 0 aliphatic carbocycles. The van der Waals surface area contributed by atoms with Crippen LogP contribution in [-0.2, 0) is 24.7 Å². The average molecular weight is 803 g/mol. The molecule has 0 aliphatic heterocycles. The molecule has 0 unspecified atom stereocenters. The zero-order chi connectivity index (χ0) is 39.1. The molecule has 4 aromatic carbocycles. The van der Waals surface area contributed by atoms with Crippen molar-refractivity contribution < 1.29 is 52.7 Å². The van der Waals surface area contributed by atoms with E-state index in [4.69, 9.17) is 0 Å². The number of halogens is 12. The fraction of sp³-hybridized carbons (Fsp3) is 0.167. The van der Waals surface area contributed by atoms with Crippen molar-refractivity contribution >= 4 is 23.5 Å². The molecule has 0 amide bonds. The van der Waals surface area contributed by atoms with Crippen LogP contribution in [0.1, 0.15) is 22.3 Å². The number of aromatic nitrogens is 4. The van der Waals surface area contributed by atoms with Gasteiger partial charge in [0, 0.05) is 33.8 Å². The molecule has 0 atom stereocenters. The van der Waals surface area contributed by atoms with E-state index >= 15 is 0 Å². The lowest BCUT2D eigenvalue weighted by Crippen LogP contribution is -2.04. The summed E-state index contributed by atoms with van der Waals surface area (Å²) in [6.07, 6.45) is -18.4. The highest BCUT2D eigenvalue weighted by Gasteiger charge is 2.33. The largest absolute Gasteiger partial charge is 0.416 e. The Labute approximate surface area is 306 Å². The van der Waals surface area contributed by atoms with E-state index in [0.717, 1.165) is 48.5 Å². The van der Waals surface area contributed by atoms with Gasteiger partial charge in [0.25, 0.3) is 0 Å². The van der Waals surface area contributed by atoms with Gasteiger partial charge in [-0.3, -0.25) is 0 Å². The van der Waals surface area contributed by atoms with Crippen LogP contribution in [0, 0.1) is 0 Å². The second-order valence-corrected chi connectivity index (χ2v) is 13.7. The van der Waals surface area contributed by atoms with Crippen LogP contribution in [0.3, 0.4) is 0 Å². The molecule has 282 valence electrons. The Hall–Kier alpha value is -4.84. The van der Waals surface area contributed by atoms with Gasteiger partial charge < -0.3 is 9.97 Å². The number of H-pyrrole nitrogens is 2. The van der Waals surface area contributed by atoms with E-state index in [9.17, 15) is 52.7 Å². The number of rotatable bonds is 9. The van der Waals surface area contributed by atoms with Crippen molar-refractivity contribution in [3.05, 3.63) is 119 Å². The summed E-state index contributed by atoms with van der Waals surface area (Å²) >= 11 is 2.38. The summed E-state index contributed by atoms with van der Waals surface area (Å²) < 4.78 is 158. The van der Waals surface area contributed by atoms with E-state index in [0.29, 0.717) is 32.9 Å². The van der Waals surface area contributed by atoms with E-state index in [-0.39, 0.29) is 33.9 Å². The lowest BCUT2D eigenvalue weighted by atomic mass is 10.0. The van der Waals surface area contributed by atoms with Crippen LogP contribution < -0.4 is 0 Å². The van der Waals surface area contributed by atoms with Crippen molar-refractivity contribution in [2.24, 2.45) is 0 Å². The van der Waals surface area contributed by atoms with Crippen molar-refractivity contribution in [1.29, 1.82) is 0 Å². The fourth-order valence-corrected chi connectivity index (χ4v) is 6.95. The molecule has 0 saturated carbocycles. The first-order valence-corrected chi connectivity index (χ1v) is 17.4. The van der Waals surface area contributed by atoms with Gasteiger partial charge in [-0.25, -0.2) is 9.97 Å². The predicted octanol–water partition coefficient (Wildman–Crippen LogP) is 12.8. The minimum atomic E-state index is -4.59. The molecule has 2 aromatic heterocycles. The Morgan fingerprint density at radius 1 is 0.370 bits per heavy atom. The topological polar surface area (TPSA) is 57.4 Å². The number of nitrogens with one attached hydrogen (secondary N) is 2. The number of hydrogen-bond acceptors (Lipinski definition) is 4. The van der Waals surface area contributed by atoms with Gasteiger partial charge in [0.15, 0.2) is 10.3 Å². The summed E-state index contributed by atoms with van der Waals surface area (Å²) in [7, 11) is 0. The molecule has 4 nitrogen and oxygen atoms in total. The number of hydrogen-bond donors (Lipinski definition) is 2. The van der Waals surface area contributed by atoms with Crippen molar-refractivity contribution in [2.45, 2.75) is 35.0 Å². The van der Waals surface area contributed by atoms with E-state index in [1.54, 1.807) is 0 Å². The average Bonchev–Trinajstić information content (AvgIpc) is 3.74. The van der Waals surface area contributed by atoms with Gasteiger partial charge in [-0.15, -0.1) is 0 Å². The molecular weight excluding hydrogens is 781 g/mol. The van der Waals surface area contributed by atoms with Gasteiger partial charge in [-0.2, -0.15) is 52.7 Å². The fourth-order valence-electron chi connectivity index (χ4n) is 5.24. The summed E-state index contributed by atoms with van der Waals surface area (Å²) in [6.45, 7) is 0. The maximum absolute atomic E-state index is 13.2. The normalized spacial score (nSPS) is 12.7. The van der Waals surface area contributed by atoms with Gasteiger partial charge in [-0.05, 0) is 48.5 Å². The van der Waals surface area contributed by atoms with E-state index in [1.165, 1.54) is 72.1 Å². The number of imidazole rings is 2. The highest BCUT2D eigenvalue weighted by atomic mass is 32.2. The number of nitrogens with zero attached hydrogens (tertiary/aromatic N) is 2. The SMILES string of the molecule is FC(F)(F)c1ccc(-c2nc(SCCSc3nc(-c4ccc(C(F)(F)F)cc4)c(-c4ccc(C(F)(F)F)cc4)[nH]3)[nH]c2-c2ccc(C(F)(F)F)cc2)cc1. The molecule has 0 fully saturated rings. The maximum Gasteiger partial charge on any atom is 0.416 e. The first-order chi connectivity index (χ1) is 25.3. The Morgan fingerprint density at radius 2 is 0.611 bits per heavy atom. The van der Waals surface area contributed by atoms with Crippen LogP contribution in [-0.4, -0.2) is 31.4 Å². The molecule has 6 rings (SSSR count). The van der Waals surface area contributed by atoms with E-state index < -0.39 is 47.0 Å². The van der Waals surface area contributed by atoms with E-state index in [2.05, 4.69) is 19.9 Å². The molecule has 2 heterocycles. The van der Waals surface area contributed by atoms with Gasteiger partial charge in [0.2, 0.25) is 0 Å². The third-order valence-electron chi connectivity index (χ3n) is 7.90. The van der Waals surface area contributed by atoms with Crippen molar-refractivity contribution in [2.75, 3.05) is 11.5 Å². The second kappa shape index (κ2) is 14.8. The first kappa shape index (κ1) is 38.9. The lowest BCUT2D eigenvalue weighted by Gasteiger charge is -2.09. The number of benzene rings is 4. The summed E-state index contributed by atoms with van der Waals surface area (Å²) in [5.74, 6) is 0.673. The number of thioether (sulfide) groups is 2. The van der Waals surface area contributed by atoms with Crippen LogP contribution in [0.15, 0.2) is 107 Å². The highest BCUT2D eigenvalue weighted by molar-refractivity contribution is 8.02. The number of aromatic amines is 2. The summed E-state index contributed by atoms with van der Waals surface area (Å²) in [5.41, 5.74) is -1.49. The molecule has 54 heavy (non-hydrogen) atoms. The summed E-state index contributed by atoms with van der Waals surface area (Å²) in [5, 5.41) is 0.603. The van der Waals surface area contributed by atoms with Crippen molar-refractivity contribution in [3.8, 4) is 45.0 Å². The minimum absolute atomic E-state index is 0.201. The van der Waals surface area contributed by atoms with Gasteiger partial charge in [0.05, 0.1) is 45.0 Å². The zero-order valence-corrected chi connectivity index (χ0v) is 28.5. The molecule has 2 N–H and O–H groups in total. The van der Waals surface area contributed by atoms with Crippen LogP contribution in [0.4, 0.5) is 52.7 Å². The predicted molar refractivity (Wildman–Crippen MR) is 180 cm³/mol. The molecule has 0 bridgehead atoms. The first-order valence-electron chi connectivity index (χ1n) is 15.4. The molecule has 18 heteroatoms. The third-order valence-corrected chi connectivity index (χ3v) is 9.91. The minimum Gasteiger partial charge on any atom is -0.332 e. The highest BCUT2D eigenvalue weighted by Crippen LogP contribution is 2.39. The monoisotopic (exact) mass is 802 g/mol.